The smallest absolute Gasteiger partial charge is 0.270 e. The van der Waals surface area contributed by atoms with E-state index in [4.69, 9.17) is 9.47 Å². The van der Waals surface area contributed by atoms with Crippen molar-refractivity contribution < 1.29 is 14.3 Å². The first-order valence-electron chi connectivity index (χ1n) is 12.6. The number of aryl methyl sites for hydroxylation is 1. The number of ether oxygens (including phenoxy) is 2. The van der Waals surface area contributed by atoms with E-state index in [1.807, 2.05) is 6.07 Å². The van der Waals surface area contributed by atoms with E-state index in [2.05, 4.69) is 33.8 Å². The topological polar surface area (TPSA) is 72.5 Å². The summed E-state index contributed by atoms with van der Waals surface area (Å²) in [4.78, 5) is 17.0. The lowest BCUT2D eigenvalue weighted by atomic mass is 9.87. The zero-order chi connectivity index (χ0) is 22.5. The lowest BCUT2D eigenvalue weighted by molar-refractivity contribution is 0.0678. The van der Waals surface area contributed by atoms with Gasteiger partial charge >= 0.3 is 0 Å². The molecule has 1 saturated carbocycles. The van der Waals surface area contributed by atoms with Gasteiger partial charge in [-0.3, -0.25) is 4.79 Å². The molecule has 2 N–H and O–H groups in total. The predicted molar refractivity (Wildman–Crippen MR) is 127 cm³/mol. The molecule has 3 aliphatic rings. The van der Waals surface area contributed by atoms with E-state index in [1.54, 1.807) is 12.3 Å². The Morgan fingerprint density at radius 2 is 2.06 bits per heavy atom. The van der Waals surface area contributed by atoms with Crippen LogP contribution in [0.25, 0.3) is 0 Å². The molecule has 2 aliphatic carbocycles. The van der Waals surface area contributed by atoms with E-state index in [1.165, 1.54) is 36.0 Å². The molecule has 1 aliphatic heterocycles. The average Bonchev–Trinajstić information content (AvgIpc) is 3.52. The lowest BCUT2D eigenvalue weighted by Gasteiger charge is -2.26. The number of hydrogen-bond acceptors (Lipinski definition) is 5. The summed E-state index contributed by atoms with van der Waals surface area (Å²) in [7, 11) is 0. The third-order valence-corrected chi connectivity index (χ3v) is 7.02. The number of carbonyl (C=O) groups is 1. The number of fused-ring (bicyclic) bond motifs is 1. The van der Waals surface area contributed by atoms with E-state index in [-0.39, 0.29) is 18.1 Å². The van der Waals surface area contributed by atoms with Crippen molar-refractivity contribution in [2.75, 3.05) is 19.8 Å². The minimum atomic E-state index is -0.120. The monoisotopic (exact) mass is 449 g/mol. The van der Waals surface area contributed by atoms with E-state index in [0.717, 1.165) is 57.7 Å². The van der Waals surface area contributed by atoms with Gasteiger partial charge in [-0.15, -0.1) is 0 Å². The highest BCUT2D eigenvalue weighted by Gasteiger charge is 2.22. The van der Waals surface area contributed by atoms with Crippen molar-refractivity contribution in [2.24, 2.45) is 5.92 Å². The number of aromatic nitrogens is 1. The van der Waals surface area contributed by atoms with Gasteiger partial charge in [-0.2, -0.15) is 0 Å². The standard InChI is InChI=1S/C27H35N3O3/c31-27(26-10-9-24(17-29-26)33-18-25-2-1-13-32-25)30-23-8-7-21-14-20(5-6-22(21)15-23)16-28-12-11-19-3-4-19/h5-6,9-10,14,17,19,23,25,28H,1-4,7-8,11-13,15-16,18H2,(H,30,31)/t23-,25-/m0/s1. The van der Waals surface area contributed by atoms with E-state index >= 15 is 0 Å². The second kappa shape index (κ2) is 10.7. The highest BCUT2D eigenvalue weighted by molar-refractivity contribution is 5.92. The third kappa shape index (κ3) is 6.33. The van der Waals surface area contributed by atoms with Crippen LogP contribution in [0.3, 0.4) is 0 Å². The van der Waals surface area contributed by atoms with Crippen LogP contribution in [-0.4, -0.2) is 42.8 Å². The van der Waals surface area contributed by atoms with Gasteiger partial charge in [0.25, 0.3) is 5.91 Å². The summed E-state index contributed by atoms with van der Waals surface area (Å²) in [5, 5.41) is 6.75. The van der Waals surface area contributed by atoms with Crippen LogP contribution in [-0.2, 0) is 24.1 Å². The van der Waals surface area contributed by atoms with E-state index in [0.29, 0.717) is 18.1 Å². The molecule has 5 rings (SSSR count). The van der Waals surface area contributed by atoms with Gasteiger partial charge in [-0.25, -0.2) is 4.98 Å². The second-order valence-corrected chi connectivity index (χ2v) is 9.75. The van der Waals surface area contributed by atoms with Gasteiger partial charge in [-0.05, 0) is 79.8 Å². The van der Waals surface area contributed by atoms with Crippen LogP contribution in [0.15, 0.2) is 36.5 Å². The van der Waals surface area contributed by atoms with Crippen molar-refractivity contribution in [2.45, 2.75) is 70.1 Å². The van der Waals surface area contributed by atoms with Gasteiger partial charge in [0.15, 0.2) is 0 Å². The highest BCUT2D eigenvalue weighted by Crippen LogP contribution is 2.31. The van der Waals surface area contributed by atoms with Crippen LogP contribution in [0.5, 0.6) is 5.75 Å². The minimum absolute atomic E-state index is 0.120. The summed E-state index contributed by atoms with van der Waals surface area (Å²) in [6.07, 6.45) is 10.9. The van der Waals surface area contributed by atoms with Crippen molar-refractivity contribution in [3.05, 3.63) is 58.9 Å². The zero-order valence-electron chi connectivity index (χ0n) is 19.4. The number of rotatable bonds is 10. The fraction of sp³-hybridized carbons (Fsp3) is 0.556. The molecule has 1 aromatic carbocycles. The Morgan fingerprint density at radius 3 is 2.85 bits per heavy atom. The molecule has 1 saturated heterocycles. The molecule has 176 valence electrons. The Bertz CT molecular complexity index is 936. The fourth-order valence-electron chi connectivity index (χ4n) is 4.81. The summed E-state index contributed by atoms with van der Waals surface area (Å²) < 4.78 is 11.3. The number of hydrogen-bond donors (Lipinski definition) is 2. The van der Waals surface area contributed by atoms with Gasteiger partial charge in [0.05, 0.1) is 12.3 Å². The molecule has 6 nitrogen and oxygen atoms in total. The van der Waals surface area contributed by atoms with Crippen LogP contribution in [0, 0.1) is 5.92 Å². The van der Waals surface area contributed by atoms with Crippen molar-refractivity contribution in [1.82, 2.24) is 15.6 Å². The summed E-state index contributed by atoms with van der Waals surface area (Å²) >= 11 is 0. The fourth-order valence-corrected chi connectivity index (χ4v) is 4.81. The Hall–Kier alpha value is -2.44. The van der Waals surface area contributed by atoms with E-state index in [9.17, 15) is 4.79 Å². The number of pyridine rings is 1. The maximum Gasteiger partial charge on any atom is 0.270 e. The van der Waals surface area contributed by atoms with Gasteiger partial charge in [0.2, 0.25) is 0 Å². The molecule has 0 bridgehead atoms. The molecule has 2 fully saturated rings. The molecule has 0 radical (unpaired) electrons. The zero-order valence-corrected chi connectivity index (χ0v) is 19.4. The molecule has 2 aromatic rings. The van der Waals surface area contributed by atoms with Gasteiger partial charge in [0.1, 0.15) is 18.1 Å². The van der Waals surface area contributed by atoms with Crippen LogP contribution in [0.1, 0.15) is 65.7 Å². The van der Waals surface area contributed by atoms with Crippen LogP contribution < -0.4 is 15.4 Å². The Labute approximate surface area is 196 Å². The Balaban J connectivity index is 1.08. The lowest BCUT2D eigenvalue weighted by Crippen LogP contribution is -2.39. The summed E-state index contributed by atoms with van der Waals surface area (Å²) in [5.74, 6) is 1.53. The average molecular weight is 450 g/mol. The normalized spacial score (nSPS) is 22.1. The molecule has 33 heavy (non-hydrogen) atoms. The van der Waals surface area contributed by atoms with Crippen molar-refractivity contribution in [3.8, 4) is 5.75 Å². The number of nitrogens with one attached hydrogen (secondary N) is 2. The quantitative estimate of drug-likeness (QED) is 0.540. The Kier molecular flexibility index (Phi) is 7.22. The number of carbonyl (C=O) groups excluding carboxylic acids is 1. The maximum atomic E-state index is 12.7. The predicted octanol–water partition coefficient (Wildman–Crippen LogP) is 3.82. The molecule has 0 spiro atoms. The highest BCUT2D eigenvalue weighted by atomic mass is 16.5. The number of amides is 1. The van der Waals surface area contributed by atoms with Crippen molar-refractivity contribution in [1.29, 1.82) is 0 Å². The maximum absolute atomic E-state index is 12.7. The molecule has 2 atom stereocenters. The largest absolute Gasteiger partial charge is 0.489 e. The number of nitrogens with zero attached hydrogens (tertiary/aromatic N) is 1. The summed E-state index contributed by atoms with van der Waals surface area (Å²) in [6.45, 7) is 3.41. The van der Waals surface area contributed by atoms with Crippen LogP contribution >= 0.6 is 0 Å². The van der Waals surface area contributed by atoms with Crippen molar-refractivity contribution in [3.63, 3.8) is 0 Å². The number of benzene rings is 1. The Morgan fingerprint density at radius 1 is 1.12 bits per heavy atom. The summed E-state index contributed by atoms with van der Waals surface area (Å²) in [5.41, 5.74) is 4.56. The molecule has 6 heteroatoms. The van der Waals surface area contributed by atoms with Crippen LogP contribution in [0.2, 0.25) is 0 Å². The van der Waals surface area contributed by atoms with E-state index < -0.39 is 0 Å². The summed E-state index contributed by atoms with van der Waals surface area (Å²) in [6, 6.07) is 10.5. The first-order valence-corrected chi connectivity index (χ1v) is 12.6. The third-order valence-electron chi connectivity index (χ3n) is 7.02. The van der Waals surface area contributed by atoms with Gasteiger partial charge in [0, 0.05) is 19.2 Å². The van der Waals surface area contributed by atoms with Crippen LogP contribution in [0.4, 0.5) is 0 Å². The first-order chi connectivity index (χ1) is 16.2. The van der Waals surface area contributed by atoms with Gasteiger partial charge < -0.3 is 20.1 Å². The van der Waals surface area contributed by atoms with Crippen molar-refractivity contribution >= 4 is 5.91 Å². The molecule has 0 unspecified atom stereocenters. The molecule has 2 heterocycles. The molecular weight excluding hydrogens is 414 g/mol. The second-order valence-electron chi connectivity index (χ2n) is 9.75. The van der Waals surface area contributed by atoms with Gasteiger partial charge in [-0.1, -0.05) is 31.0 Å². The molecule has 1 amide bonds. The first kappa shape index (κ1) is 22.4. The minimum Gasteiger partial charge on any atom is -0.489 e. The SMILES string of the molecule is O=C(N[C@H]1CCc2cc(CNCCC3CC3)ccc2C1)c1ccc(OC[C@@H]2CCCO2)cn1. The molecule has 1 aromatic heterocycles. The molecular formula is C27H35N3O3.